The minimum atomic E-state index is -0.699. The van der Waals surface area contributed by atoms with Gasteiger partial charge in [0.05, 0.1) is 19.3 Å². The van der Waals surface area contributed by atoms with E-state index in [0.29, 0.717) is 31.2 Å². The number of aliphatic hydroxyl groups excluding tert-OH is 1. The molecule has 2 rings (SSSR count). The molecule has 0 fully saturated rings. The van der Waals surface area contributed by atoms with E-state index in [1.165, 1.54) is 25.7 Å². The lowest BCUT2D eigenvalue weighted by atomic mass is 10.0. The predicted octanol–water partition coefficient (Wildman–Crippen LogP) is 4.97. The number of nitrogens with one attached hydrogen (secondary N) is 2. The number of benzene rings is 2. The van der Waals surface area contributed by atoms with Crippen LogP contribution in [0.3, 0.4) is 0 Å². The monoisotopic (exact) mass is 486 g/mol. The van der Waals surface area contributed by atoms with Crippen LogP contribution in [0.4, 0.5) is 0 Å². The first-order valence-electron chi connectivity index (χ1n) is 12.5. The summed E-state index contributed by atoms with van der Waals surface area (Å²) < 4.78 is 5.28. The van der Waals surface area contributed by atoms with Crippen molar-refractivity contribution >= 4 is 17.7 Å². The third kappa shape index (κ3) is 10.9. The number of carbonyl (C=O) groups is 1. The molecule has 0 bridgehead atoms. The number of methoxy groups -OCH3 is 1. The molecule has 5 nitrogen and oxygen atoms in total. The average molecular weight is 487 g/mol. The van der Waals surface area contributed by atoms with Crippen molar-refractivity contribution in [3.8, 4) is 5.75 Å². The van der Waals surface area contributed by atoms with Crippen LogP contribution in [-0.2, 0) is 17.8 Å². The molecular formula is C28H42N2O3S. The van der Waals surface area contributed by atoms with Crippen LogP contribution in [-0.4, -0.2) is 47.8 Å². The highest BCUT2D eigenvalue weighted by molar-refractivity contribution is 7.99. The Balaban J connectivity index is 1.89. The van der Waals surface area contributed by atoms with Crippen molar-refractivity contribution in [2.75, 3.05) is 19.4 Å². The lowest BCUT2D eigenvalue weighted by Gasteiger charge is -2.25. The molecule has 2 atom stereocenters. The molecule has 0 saturated heterocycles. The summed E-state index contributed by atoms with van der Waals surface area (Å²) in [5.41, 5.74) is 2.18. The summed E-state index contributed by atoms with van der Waals surface area (Å²) in [5, 5.41) is 18.0. The Morgan fingerprint density at radius 1 is 1.03 bits per heavy atom. The van der Waals surface area contributed by atoms with E-state index in [0.717, 1.165) is 22.6 Å². The molecule has 0 radical (unpaired) electrons. The molecule has 34 heavy (non-hydrogen) atoms. The first-order valence-corrected chi connectivity index (χ1v) is 13.6. The quantitative estimate of drug-likeness (QED) is 0.295. The predicted molar refractivity (Wildman–Crippen MR) is 143 cm³/mol. The minimum Gasteiger partial charge on any atom is -0.497 e. The van der Waals surface area contributed by atoms with Gasteiger partial charge in [0.15, 0.2) is 0 Å². The van der Waals surface area contributed by atoms with E-state index in [1.54, 1.807) is 7.11 Å². The highest BCUT2D eigenvalue weighted by Gasteiger charge is 2.22. The van der Waals surface area contributed by atoms with E-state index in [2.05, 4.69) is 24.5 Å². The number of hydrogen-bond donors (Lipinski definition) is 3. The molecule has 0 unspecified atom stereocenters. The van der Waals surface area contributed by atoms with Gasteiger partial charge in [-0.3, -0.25) is 4.79 Å². The first kappa shape index (κ1) is 28.2. The van der Waals surface area contributed by atoms with Gasteiger partial charge in [-0.05, 0) is 42.5 Å². The standard InChI is InChI=1S/C28H42N2O3S/c1-4-10-25(11-5-2)34-17-16-28(32)30-26(19-22-12-7-6-8-13-22)27(31)21-29-20-23-14-9-15-24(18-23)33-3/h6-9,12-15,18,25-27,29,31H,4-5,10-11,16-17,19-21H2,1-3H3,(H,30,32)/t26-,27-/m0/s1. The maximum Gasteiger partial charge on any atom is 0.221 e. The van der Waals surface area contributed by atoms with Crippen LogP contribution in [0.5, 0.6) is 5.75 Å². The summed E-state index contributed by atoms with van der Waals surface area (Å²) in [4.78, 5) is 12.7. The highest BCUT2D eigenvalue weighted by atomic mass is 32.2. The smallest absolute Gasteiger partial charge is 0.221 e. The number of rotatable bonds is 17. The van der Waals surface area contributed by atoms with Crippen molar-refractivity contribution in [1.82, 2.24) is 10.6 Å². The molecule has 2 aromatic carbocycles. The van der Waals surface area contributed by atoms with E-state index in [9.17, 15) is 9.90 Å². The molecule has 0 aromatic heterocycles. The Hall–Kier alpha value is -2.02. The van der Waals surface area contributed by atoms with Gasteiger partial charge in [-0.2, -0.15) is 11.8 Å². The number of carbonyl (C=O) groups excluding carboxylic acids is 1. The maximum absolute atomic E-state index is 12.7. The number of ether oxygens (including phenoxy) is 1. The normalized spacial score (nSPS) is 13.0. The Labute approximate surface area is 210 Å². The van der Waals surface area contributed by atoms with Gasteiger partial charge in [-0.25, -0.2) is 0 Å². The fourth-order valence-corrected chi connectivity index (χ4v) is 5.43. The zero-order valence-corrected chi connectivity index (χ0v) is 21.8. The zero-order valence-electron chi connectivity index (χ0n) is 21.0. The molecule has 1 amide bonds. The molecule has 0 aliphatic carbocycles. The maximum atomic E-state index is 12.7. The fraction of sp³-hybridized carbons (Fsp3) is 0.536. The zero-order chi connectivity index (χ0) is 24.6. The van der Waals surface area contributed by atoms with Crippen molar-refractivity contribution in [3.63, 3.8) is 0 Å². The molecule has 0 spiro atoms. The van der Waals surface area contributed by atoms with Gasteiger partial charge in [0.25, 0.3) is 0 Å². The van der Waals surface area contributed by atoms with Crippen LogP contribution >= 0.6 is 11.8 Å². The summed E-state index contributed by atoms with van der Waals surface area (Å²) in [6.45, 7) is 5.44. The van der Waals surface area contributed by atoms with Crippen molar-refractivity contribution in [3.05, 3.63) is 65.7 Å². The van der Waals surface area contributed by atoms with Gasteiger partial charge in [0, 0.05) is 30.5 Å². The van der Waals surface area contributed by atoms with Gasteiger partial charge >= 0.3 is 0 Å². The van der Waals surface area contributed by atoms with Crippen LogP contribution in [0, 0.1) is 0 Å². The third-order valence-electron chi connectivity index (χ3n) is 5.83. The summed E-state index contributed by atoms with van der Waals surface area (Å²) >= 11 is 1.91. The number of thioether (sulfide) groups is 1. The van der Waals surface area contributed by atoms with Crippen LogP contribution in [0.1, 0.15) is 57.1 Å². The van der Waals surface area contributed by atoms with Gasteiger partial charge in [0.2, 0.25) is 5.91 Å². The second-order valence-corrected chi connectivity index (χ2v) is 10.1. The molecule has 2 aromatic rings. The Kier molecular flexibility index (Phi) is 13.8. The molecule has 0 aliphatic rings. The Morgan fingerprint density at radius 2 is 1.74 bits per heavy atom. The minimum absolute atomic E-state index is 0.00650. The van der Waals surface area contributed by atoms with Crippen LogP contribution in [0.25, 0.3) is 0 Å². The third-order valence-corrected chi connectivity index (χ3v) is 7.21. The summed E-state index contributed by atoms with van der Waals surface area (Å²) in [7, 11) is 1.65. The number of aliphatic hydroxyl groups is 1. The highest BCUT2D eigenvalue weighted by Crippen LogP contribution is 2.22. The van der Waals surface area contributed by atoms with Crippen LogP contribution in [0.2, 0.25) is 0 Å². The molecule has 0 aliphatic heterocycles. The van der Waals surface area contributed by atoms with Gasteiger partial charge < -0.3 is 20.5 Å². The summed E-state index contributed by atoms with van der Waals surface area (Å²) in [5.74, 6) is 1.64. The summed E-state index contributed by atoms with van der Waals surface area (Å²) in [6, 6.07) is 17.5. The van der Waals surface area contributed by atoms with E-state index in [4.69, 9.17) is 4.74 Å². The number of hydrogen-bond acceptors (Lipinski definition) is 5. The summed E-state index contributed by atoms with van der Waals surface area (Å²) in [6.07, 6.45) is 5.13. The largest absolute Gasteiger partial charge is 0.497 e. The fourth-order valence-electron chi connectivity index (χ4n) is 3.99. The Bertz CT molecular complexity index is 812. The van der Waals surface area contributed by atoms with Crippen molar-refractivity contribution in [2.45, 2.75) is 76.3 Å². The van der Waals surface area contributed by atoms with Gasteiger partial charge in [0.1, 0.15) is 5.75 Å². The van der Waals surface area contributed by atoms with Crippen molar-refractivity contribution in [2.24, 2.45) is 0 Å². The van der Waals surface area contributed by atoms with E-state index >= 15 is 0 Å². The van der Waals surface area contributed by atoms with E-state index in [-0.39, 0.29) is 11.9 Å². The number of amides is 1. The molecule has 0 saturated carbocycles. The first-order chi connectivity index (χ1) is 16.5. The van der Waals surface area contributed by atoms with Crippen LogP contribution < -0.4 is 15.4 Å². The second kappa shape index (κ2) is 16.6. The van der Waals surface area contributed by atoms with Crippen molar-refractivity contribution in [1.29, 1.82) is 0 Å². The van der Waals surface area contributed by atoms with Gasteiger partial charge in [-0.15, -0.1) is 0 Å². The average Bonchev–Trinajstić information content (AvgIpc) is 2.84. The lowest BCUT2D eigenvalue weighted by Crippen LogP contribution is -2.48. The molecule has 6 heteroatoms. The van der Waals surface area contributed by atoms with E-state index < -0.39 is 6.10 Å². The molecule has 188 valence electrons. The lowest BCUT2D eigenvalue weighted by molar-refractivity contribution is -0.122. The van der Waals surface area contributed by atoms with Crippen LogP contribution in [0.15, 0.2) is 54.6 Å². The Morgan fingerprint density at radius 3 is 2.41 bits per heavy atom. The van der Waals surface area contributed by atoms with Gasteiger partial charge in [-0.1, -0.05) is 69.2 Å². The van der Waals surface area contributed by atoms with Crippen molar-refractivity contribution < 1.29 is 14.6 Å². The molecule has 3 N–H and O–H groups in total. The second-order valence-electron chi connectivity index (χ2n) is 8.73. The topological polar surface area (TPSA) is 70.6 Å². The molecule has 0 heterocycles. The SMILES string of the molecule is CCCC(CCC)SCCC(=O)N[C@@H](Cc1ccccc1)[C@@H](O)CNCc1cccc(OC)c1. The molecular weight excluding hydrogens is 444 g/mol. The van der Waals surface area contributed by atoms with E-state index in [1.807, 2.05) is 66.4 Å².